The van der Waals surface area contributed by atoms with E-state index in [1.807, 2.05) is 84.9 Å². The van der Waals surface area contributed by atoms with Gasteiger partial charge >= 0.3 is 0 Å². The zero-order valence-corrected chi connectivity index (χ0v) is 28.6. The third kappa shape index (κ3) is 13.4. The molecule has 0 unspecified atom stereocenters. The van der Waals surface area contributed by atoms with Crippen LogP contribution >= 0.6 is 0 Å². The number of ketones is 1. The number of Topliss-reactive ketones (excluding diaryl/α,β-unsaturated/α-hetero) is 1. The van der Waals surface area contributed by atoms with Crippen LogP contribution in [0.2, 0.25) is 0 Å². The first-order valence-electron chi connectivity index (χ1n) is 17.6. The molecule has 5 heteroatoms. The number of hydrogen-bond donors (Lipinski definition) is 0. The molecule has 0 heterocycles. The number of ether oxygens (including phenoxy) is 3. The molecular formula is C44H49NO4. The number of hydrogen-bond acceptors (Lipinski definition) is 5. The average Bonchev–Trinajstić information content (AvgIpc) is 3.15. The van der Waals surface area contributed by atoms with Crippen molar-refractivity contribution < 1.29 is 19.0 Å². The van der Waals surface area contributed by atoms with E-state index in [1.54, 1.807) is 0 Å². The van der Waals surface area contributed by atoms with Gasteiger partial charge in [0.2, 0.25) is 0 Å². The lowest BCUT2D eigenvalue weighted by molar-refractivity contribution is 0.0920. The fraction of sp³-hybridized carbons (Fsp3) is 0.295. The van der Waals surface area contributed by atoms with Crippen molar-refractivity contribution in [2.75, 3.05) is 26.3 Å². The highest BCUT2D eigenvalue weighted by molar-refractivity contribution is 5.98. The highest BCUT2D eigenvalue weighted by Crippen LogP contribution is 2.26. The molecule has 5 nitrogen and oxygen atoms in total. The van der Waals surface area contributed by atoms with Gasteiger partial charge in [0, 0.05) is 31.4 Å². The molecule has 0 aromatic heterocycles. The minimum absolute atomic E-state index is 0.0458. The molecule has 0 spiro atoms. The number of benzene rings is 5. The Balaban J connectivity index is 1.14. The van der Waals surface area contributed by atoms with Crippen LogP contribution in [0.1, 0.15) is 64.7 Å². The monoisotopic (exact) mass is 655 g/mol. The number of carbonyl (C=O) groups excluding carboxylic acids is 1. The van der Waals surface area contributed by atoms with Crippen LogP contribution in [-0.4, -0.2) is 37.0 Å². The fourth-order valence-corrected chi connectivity index (χ4v) is 5.73. The maximum atomic E-state index is 13.9. The van der Waals surface area contributed by atoms with E-state index < -0.39 is 0 Å². The number of aryl methyl sites for hydroxylation is 1. The van der Waals surface area contributed by atoms with Gasteiger partial charge in [0.05, 0.1) is 6.54 Å². The van der Waals surface area contributed by atoms with Gasteiger partial charge in [0.25, 0.3) is 0 Å². The van der Waals surface area contributed by atoms with Crippen molar-refractivity contribution in [3.63, 3.8) is 0 Å². The number of rotatable bonds is 22. The zero-order valence-electron chi connectivity index (χ0n) is 28.6. The van der Waals surface area contributed by atoms with Crippen LogP contribution in [0, 0.1) is 0 Å². The molecule has 0 N–H and O–H groups in total. The summed E-state index contributed by atoms with van der Waals surface area (Å²) in [6.07, 6.45) is 6.42. The minimum atomic E-state index is 0.0458. The second-order valence-electron chi connectivity index (χ2n) is 12.5. The van der Waals surface area contributed by atoms with E-state index in [9.17, 15) is 4.79 Å². The summed E-state index contributed by atoms with van der Waals surface area (Å²) < 4.78 is 18.3. The summed E-state index contributed by atoms with van der Waals surface area (Å²) in [6.45, 7) is 4.28. The Kier molecular flexibility index (Phi) is 15.0. The first-order valence-corrected chi connectivity index (χ1v) is 17.6. The van der Waals surface area contributed by atoms with Gasteiger partial charge in [0.15, 0.2) is 5.78 Å². The van der Waals surface area contributed by atoms with Crippen LogP contribution in [0.3, 0.4) is 0 Å². The van der Waals surface area contributed by atoms with Gasteiger partial charge in [-0.05, 0) is 79.5 Å². The van der Waals surface area contributed by atoms with E-state index in [2.05, 4.69) is 59.5 Å². The number of unbranched alkanes of at least 4 members (excludes halogenated alkanes) is 3. The van der Waals surface area contributed by atoms with Crippen LogP contribution < -0.4 is 9.47 Å². The van der Waals surface area contributed by atoms with Gasteiger partial charge in [-0.15, -0.1) is 0 Å². The van der Waals surface area contributed by atoms with Crippen molar-refractivity contribution in [3.8, 4) is 11.5 Å². The SMILES string of the molecule is O=C(CN(CCCCCOCCCCc1ccccc1)Cc1ccccc1)c1cc(OCc2ccccc2)cc(OCc2ccccc2)c1. The van der Waals surface area contributed by atoms with Crippen LogP contribution in [-0.2, 0) is 30.9 Å². The molecule has 0 aliphatic carbocycles. The molecule has 0 bridgehead atoms. The molecule has 5 aromatic rings. The Morgan fingerprint density at radius 1 is 0.510 bits per heavy atom. The van der Waals surface area contributed by atoms with E-state index in [0.717, 1.165) is 69.4 Å². The zero-order chi connectivity index (χ0) is 33.8. The Bertz CT molecular complexity index is 1570. The first-order chi connectivity index (χ1) is 24.2. The van der Waals surface area contributed by atoms with Crippen LogP contribution in [0.5, 0.6) is 11.5 Å². The van der Waals surface area contributed by atoms with Crippen molar-refractivity contribution >= 4 is 5.78 Å². The topological polar surface area (TPSA) is 48.0 Å². The largest absolute Gasteiger partial charge is 0.489 e. The molecule has 5 aromatic carbocycles. The molecule has 0 saturated heterocycles. The quantitative estimate of drug-likeness (QED) is 0.0549. The average molecular weight is 656 g/mol. The summed E-state index contributed by atoms with van der Waals surface area (Å²) in [7, 11) is 0. The number of nitrogens with zero attached hydrogens (tertiary/aromatic N) is 1. The van der Waals surface area contributed by atoms with E-state index in [-0.39, 0.29) is 5.78 Å². The fourth-order valence-electron chi connectivity index (χ4n) is 5.73. The van der Waals surface area contributed by atoms with Crippen molar-refractivity contribution in [3.05, 3.63) is 167 Å². The predicted octanol–water partition coefficient (Wildman–Crippen LogP) is 9.74. The standard InChI is InChI=1S/C44H49NO4/c46-44(41-30-42(48-35-39-23-10-3-11-24-39)32-43(31-41)49-36-40-25-12-4-13-26-40)34-45(33-38-21-8-2-9-22-38)27-15-5-16-28-47-29-17-14-20-37-18-6-1-7-19-37/h1-4,6-13,18-19,21-26,30-32H,5,14-17,20,27-29,33-36H2. The van der Waals surface area contributed by atoms with Crippen molar-refractivity contribution in [2.45, 2.75) is 58.3 Å². The Labute approximate surface area is 292 Å². The molecule has 0 amide bonds. The molecule has 49 heavy (non-hydrogen) atoms. The van der Waals surface area contributed by atoms with Crippen molar-refractivity contribution in [1.82, 2.24) is 4.90 Å². The van der Waals surface area contributed by atoms with Crippen molar-refractivity contribution in [1.29, 1.82) is 0 Å². The normalized spacial score (nSPS) is 11.0. The lowest BCUT2D eigenvalue weighted by Crippen LogP contribution is -2.30. The van der Waals surface area contributed by atoms with Gasteiger partial charge in [-0.1, -0.05) is 121 Å². The van der Waals surface area contributed by atoms with Crippen molar-refractivity contribution in [2.24, 2.45) is 0 Å². The summed E-state index contributed by atoms with van der Waals surface area (Å²) in [5.41, 5.74) is 5.30. The van der Waals surface area contributed by atoms with Crippen LogP contribution in [0.25, 0.3) is 0 Å². The molecular weight excluding hydrogens is 606 g/mol. The van der Waals surface area contributed by atoms with E-state index in [0.29, 0.717) is 43.4 Å². The van der Waals surface area contributed by atoms with Gasteiger partial charge in [0.1, 0.15) is 24.7 Å². The summed E-state index contributed by atoms with van der Waals surface area (Å²) >= 11 is 0. The summed E-state index contributed by atoms with van der Waals surface area (Å²) in [5, 5.41) is 0. The molecule has 0 atom stereocenters. The smallest absolute Gasteiger partial charge is 0.177 e. The lowest BCUT2D eigenvalue weighted by atomic mass is 10.1. The van der Waals surface area contributed by atoms with E-state index in [1.165, 1.54) is 11.1 Å². The van der Waals surface area contributed by atoms with Crippen LogP contribution in [0.4, 0.5) is 0 Å². The lowest BCUT2D eigenvalue weighted by Gasteiger charge is -2.22. The third-order valence-corrected chi connectivity index (χ3v) is 8.42. The Morgan fingerprint density at radius 2 is 1.00 bits per heavy atom. The Hall–Kier alpha value is -4.71. The minimum Gasteiger partial charge on any atom is -0.489 e. The second kappa shape index (κ2) is 20.6. The molecule has 0 fully saturated rings. The van der Waals surface area contributed by atoms with Gasteiger partial charge in [-0.2, -0.15) is 0 Å². The molecule has 0 aliphatic heterocycles. The third-order valence-electron chi connectivity index (χ3n) is 8.42. The Morgan fingerprint density at radius 3 is 1.55 bits per heavy atom. The maximum absolute atomic E-state index is 13.9. The first kappa shape index (κ1) is 35.6. The summed E-state index contributed by atoms with van der Waals surface area (Å²) in [4.78, 5) is 16.1. The predicted molar refractivity (Wildman–Crippen MR) is 198 cm³/mol. The summed E-state index contributed by atoms with van der Waals surface area (Å²) in [5.74, 6) is 1.28. The van der Waals surface area contributed by atoms with E-state index >= 15 is 0 Å². The molecule has 5 rings (SSSR count). The van der Waals surface area contributed by atoms with E-state index in [4.69, 9.17) is 14.2 Å². The molecule has 0 radical (unpaired) electrons. The highest BCUT2D eigenvalue weighted by Gasteiger charge is 2.16. The number of carbonyl (C=O) groups is 1. The van der Waals surface area contributed by atoms with Gasteiger partial charge < -0.3 is 14.2 Å². The second-order valence-corrected chi connectivity index (χ2v) is 12.5. The molecule has 254 valence electrons. The van der Waals surface area contributed by atoms with Crippen LogP contribution in [0.15, 0.2) is 140 Å². The highest BCUT2D eigenvalue weighted by atomic mass is 16.5. The maximum Gasteiger partial charge on any atom is 0.177 e. The van der Waals surface area contributed by atoms with Gasteiger partial charge in [-0.25, -0.2) is 0 Å². The molecule has 0 aliphatic rings. The summed E-state index contributed by atoms with van der Waals surface area (Å²) in [6, 6.07) is 46.7. The molecule has 0 saturated carbocycles. The van der Waals surface area contributed by atoms with Gasteiger partial charge in [-0.3, -0.25) is 9.69 Å².